The summed E-state index contributed by atoms with van der Waals surface area (Å²) in [5.41, 5.74) is -0.898. The first-order valence-corrected chi connectivity index (χ1v) is 2.43. The average Bonchev–Trinajstić information content (AvgIpc) is 1.94. The van der Waals surface area contributed by atoms with Crippen LogP contribution in [-0.4, -0.2) is 28.5 Å². The molecule has 0 atom stereocenters. The minimum atomic E-state index is -1.58. The fourth-order valence-electron chi connectivity index (χ4n) is 0.440. The Morgan fingerprint density at radius 3 is 2.45 bits per heavy atom. The van der Waals surface area contributed by atoms with Crippen LogP contribution in [-0.2, 0) is 14.4 Å². The van der Waals surface area contributed by atoms with Crippen LogP contribution in [0.1, 0.15) is 0 Å². The lowest BCUT2D eigenvalue weighted by molar-refractivity contribution is -0.135. The van der Waals surface area contributed by atoms with Gasteiger partial charge in [-0.05, 0) is 5.22 Å². The Morgan fingerprint density at radius 1 is 1.36 bits per heavy atom. The van der Waals surface area contributed by atoms with Crippen molar-refractivity contribution in [2.75, 3.05) is 0 Å². The monoisotopic (exact) mass is 155 g/mol. The van der Waals surface area contributed by atoms with Crippen molar-refractivity contribution in [3.8, 4) is 0 Å². The van der Waals surface area contributed by atoms with E-state index in [9.17, 15) is 14.4 Å². The summed E-state index contributed by atoms with van der Waals surface area (Å²) in [5.74, 6) is -4.04. The summed E-state index contributed by atoms with van der Waals surface area (Å²) in [7, 11) is 0. The third kappa shape index (κ3) is 1.16. The normalized spacial score (nSPS) is 16.5. The van der Waals surface area contributed by atoms with E-state index in [0.29, 0.717) is 0 Å². The molecule has 0 spiro atoms. The van der Waals surface area contributed by atoms with Crippen LogP contribution in [0.4, 0.5) is 0 Å². The highest BCUT2D eigenvalue weighted by Crippen LogP contribution is 1.95. The van der Waals surface area contributed by atoms with E-state index < -0.39 is 23.4 Å². The van der Waals surface area contributed by atoms with Crippen LogP contribution < -0.4 is 0 Å². The maximum atomic E-state index is 10.6. The van der Waals surface area contributed by atoms with E-state index in [0.717, 1.165) is 0 Å². The molecule has 7 heteroatoms. The summed E-state index contributed by atoms with van der Waals surface area (Å²) < 4.78 is 0. The first kappa shape index (κ1) is 7.19. The summed E-state index contributed by atoms with van der Waals surface area (Å²) in [5, 5.41) is 16.6. The van der Waals surface area contributed by atoms with Gasteiger partial charge in [0, 0.05) is 0 Å². The fourth-order valence-corrected chi connectivity index (χ4v) is 0.440. The molecular weight excluding hydrogens is 154 g/mol. The number of carboxylic acid groups (broad SMARTS) is 1. The van der Waals surface area contributed by atoms with Crippen molar-refractivity contribution in [1.29, 1.82) is 0 Å². The molecule has 56 valence electrons. The van der Waals surface area contributed by atoms with Gasteiger partial charge in [0.05, 0.1) is 0 Å². The van der Waals surface area contributed by atoms with Gasteiger partial charge in [0.25, 0.3) is 5.78 Å². The highest BCUT2D eigenvalue weighted by atomic mass is 16.4. The van der Waals surface area contributed by atoms with Crippen molar-refractivity contribution >= 4 is 23.4 Å². The summed E-state index contributed by atoms with van der Waals surface area (Å²) >= 11 is 0. The van der Waals surface area contributed by atoms with Gasteiger partial charge in [0.1, 0.15) is 0 Å². The summed E-state index contributed by atoms with van der Waals surface area (Å²) in [6.07, 6.45) is 0. The zero-order chi connectivity index (χ0) is 8.43. The molecule has 1 amide bonds. The molecule has 7 nitrogen and oxygen atoms in total. The van der Waals surface area contributed by atoms with Crippen LogP contribution >= 0.6 is 0 Å². The van der Waals surface area contributed by atoms with Crippen molar-refractivity contribution in [3.63, 3.8) is 0 Å². The molecule has 1 heterocycles. The molecule has 0 aromatic rings. The number of carbonyl (C=O) groups excluding carboxylic acids is 2. The second kappa shape index (κ2) is 2.37. The van der Waals surface area contributed by atoms with Gasteiger partial charge in [-0.2, -0.15) is 0 Å². The average molecular weight is 155 g/mol. The van der Waals surface area contributed by atoms with Crippen LogP contribution in [0.5, 0.6) is 0 Å². The molecule has 0 saturated carbocycles. The van der Waals surface area contributed by atoms with Crippen molar-refractivity contribution in [2.45, 2.75) is 0 Å². The third-order valence-electron chi connectivity index (χ3n) is 0.892. The lowest BCUT2D eigenvalue weighted by atomic mass is 10.2. The van der Waals surface area contributed by atoms with Gasteiger partial charge in [-0.25, -0.2) is 4.79 Å². The molecule has 1 N–H and O–H groups in total. The van der Waals surface area contributed by atoms with E-state index in [4.69, 9.17) is 5.11 Å². The zero-order valence-electron chi connectivity index (χ0n) is 5.01. The number of hydrogen-bond acceptors (Lipinski definition) is 5. The number of hydrogen-bond donors (Lipinski definition) is 1. The molecule has 0 aromatic heterocycles. The standard InChI is InChI=1S/C4HN3O4/c8-2-1(4(10)11)5-7-6-3(2)9/h(H,10,11). The lowest BCUT2D eigenvalue weighted by Gasteiger charge is -1.95. The van der Waals surface area contributed by atoms with E-state index in [1.807, 2.05) is 0 Å². The number of amides is 1. The number of aliphatic carboxylic acids is 1. The third-order valence-corrected chi connectivity index (χ3v) is 0.892. The summed E-state index contributed by atoms with van der Waals surface area (Å²) in [4.78, 5) is 31.0. The van der Waals surface area contributed by atoms with Crippen molar-refractivity contribution < 1.29 is 19.5 Å². The topological polar surface area (TPSA) is 109 Å². The Balaban J connectivity index is 3.06. The SMILES string of the molecule is O=C(O)C1=NN=NC(=O)C1=O. The lowest BCUT2D eigenvalue weighted by Crippen LogP contribution is -2.30. The van der Waals surface area contributed by atoms with E-state index in [2.05, 4.69) is 15.4 Å². The molecule has 0 saturated heterocycles. The smallest absolute Gasteiger partial charge is 0.360 e. The van der Waals surface area contributed by atoms with Gasteiger partial charge >= 0.3 is 11.9 Å². The van der Waals surface area contributed by atoms with E-state index in [1.54, 1.807) is 0 Å². The first-order valence-electron chi connectivity index (χ1n) is 2.43. The minimum absolute atomic E-state index is 0.898. The molecular formula is C4HN3O4. The zero-order valence-corrected chi connectivity index (χ0v) is 5.01. The van der Waals surface area contributed by atoms with Crippen LogP contribution in [0.25, 0.3) is 0 Å². The van der Waals surface area contributed by atoms with Gasteiger partial charge in [0.2, 0.25) is 5.71 Å². The second-order valence-corrected chi connectivity index (χ2v) is 1.58. The van der Waals surface area contributed by atoms with Crippen LogP contribution in [0, 0.1) is 0 Å². The Bertz CT molecular complexity index is 302. The highest BCUT2D eigenvalue weighted by Gasteiger charge is 2.29. The number of Topliss-reactive ketones (excluding diaryl/α,β-unsaturated/α-hetero) is 1. The summed E-state index contributed by atoms with van der Waals surface area (Å²) in [6.45, 7) is 0. The Labute approximate surface area is 59.4 Å². The van der Waals surface area contributed by atoms with Crippen LogP contribution in [0.2, 0.25) is 0 Å². The molecule has 1 rings (SSSR count). The first-order chi connectivity index (χ1) is 5.13. The Morgan fingerprint density at radius 2 is 2.00 bits per heavy atom. The Hall–Kier alpha value is -1.92. The quantitative estimate of drug-likeness (QED) is 0.489. The Kier molecular flexibility index (Phi) is 1.55. The predicted octanol–water partition coefficient (Wildman–Crippen LogP) is -1.01. The molecule has 0 unspecified atom stereocenters. The highest BCUT2D eigenvalue weighted by molar-refractivity contribution is 6.78. The van der Waals surface area contributed by atoms with E-state index in [1.165, 1.54) is 0 Å². The molecule has 1 aliphatic heterocycles. The molecule has 1 aliphatic rings. The maximum absolute atomic E-state index is 10.6. The molecule has 0 bridgehead atoms. The number of carbonyl (C=O) groups is 3. The molecule has 11 heavy (non-hydrogen) atoms. The number of rotatable bonds is 1. The minimum Gasteiger partial charge on any atom is -0.476 e. The maximum Gasteiger partial charge on any atom is 0.360 e. The second-order valence-electron chi connectivity index (χ2n) is 1.58. The number of carboxylic acids is 1. The molecule has 0 aromatic carbocycles. The number of ketones is 1. The van der Waals surface area contributed by atoms with Gasteiger partial charge in [0.15, 0.2) is 0 Å². The molecule has 0 radical (unpaired) electrons. The van der Waals surface area contributed by atoms with Crippen molar-refractivity contribution in [1.82, 2.24) is 0 Å². The van der Waals surface area contributed by atoms with Crippen molar-refractivity contribution in [3.05, 3.63) is 0 Å². The van der Waals surface area contributed by atoms with E-state index >= 15 is 0 Å². The number of nitrogens with zero attached hydrogens (tertiary/aromatic N) is 3. The van der Waals surface area contributed by atoms with Crippen LogP contribution in [0.3, 0.4) is 0 Å². The van der Waals surface area contributed by atoms with Gasteiger partial charge in [-0.3, -0.25) is 9.59 Å². The largest absolute Gasteiger partial charge is 0.476 e. The fraction of sp³-hybridized carbons (Fsp3) is 0. The van der Waals surface area contributed by atoms with Gasteiger partial charge in [-0.1, -0.05) is 5.11 Å². The predicted molar refractivity (Wildman–Crippen MR) is 29.9 cm³/mol. The van der Waals surface area contributed by atoms with Crippen molar-refractivity contribution in [2.24, 2.45) is 15.4 Å². The molecule has 0 fully saturated rings. The van der Waals surface area contributed by atoms with Crippen LogP contribution in [0.15, 0.2) is 15.4 Å². The van der Waals surface area contributed by atoms with Gasteiger partial charge in [-0.15, -0.1) is 5.10 Å². The molecule has 0 aliphatic carbocycles. The summed E-state index contributed by atoms with van der Waals surface area (Å²) in [6, 6.07) is 0. The van der Waals surface area contributed by atoms with Gasteiger partial charge < -0.3 is 5.11 Å². The van der Waals surface area contributed by atoms with E-state index in [-0.39, 0.29) is 0 Å².